The zero-order valence-electron chi connectivity index (χ0n) is 16.9. The molecule has 1 saturated heterocycles. The molecule has 3 fully saturated rings. The summed E-state index contributed by atoms with van der Waals surface area (Å²) in [6, 6.07) is 9.25. The van der Waals surface area contributed by atoms with Crippen LogP contribution in [0.5, 0.6) is 0 Å². The largest absolute Gasteiger partial charge is 0.469 e. The minimum Gasteiger partial charge on any atom is -0.469 e. The predicted molar refractivity (Wildman–Crippen MR) is 109 cm³/mol. The molecule has 0 amide bonds. The van der Waals surface area contributed by atoms with Crippen molar-refractivity contribution < 1.29 is 27.1 Å². The standard InChI is InChI=1S/C21H24N2O2.H2O4S/c1-13-19-8-5-10-23-11-9-20(18(19)23)14-6-3-4-7-16(14)22-21(13,20)15(12-19)17(24)25-2;1-5(2,3)4/h3-8,13,15,18,22H,9-12H2,1-2H3;(H2,1,2,3,4). The fraction of sp³-hybridized carbons (Fsp3) is 0.571. The van der Waals surface area contributed by atoms with Gasteiger partial charge in [0.2, 0.25) is 0 Å². The maximum atomic E-state index is 12.9. The van der Waals surface area contributed by atoms with Gasteiger partial charge in [0.15, 0.2) is 0 Å². The first-order chi connectivity index (χ1) is 14.1. The Morgan fingerprint density at radius 3 is 2.70 bits per heavy atom. The second-order valence-corrected chi connectivity index (χ2v) is 10.0. The van der Waals surface area contributed by atoms with Gasteiger partial charge in [-0.15, -0.1) is 0 Å². The summed E-state index contributed by atoms with van der Waals surface area (Å²) in [4.78, 5) is 15.6. The second kappa shape index (κ2) is 6.06. The molecule has 6 rings (SSSR count). The second-order valence-electron chi connectivity index (χ2n) is 9.12. The highest BCUT2D eigenvalue weighted by Crippen LogP contribution is 2.78. The van der Waals surface area contributed by atoms with E-state index in [0.29, 0.717) is 12.0 Å². The monoisotopic (exact) mass is 434 g/mol. The van der Waals surface area contributed by atoms with Crippen molar-refractivity contribution >= 4 is 22.1 Å². The van der Waals surface area contributed by atoms with Gasteiger partial charge in [-0.2, -0.15) is 8.42 Å². The first-order valence-electron chi connectivity index (χ1n) is 10.2. The number of hydrogen-bond acceptors (Lipinski definition) is 6. The lowest BCUT2D eigenvalue weighted by Crippen LogP contribution is -2.63. The van der Waals surface area contributed by atoms with Crippen LogP contribution in [0.1, 0.15) is 25.3 Å². The van der Waals surface area contributed by atoms with Gasteiger partial charge in [-0.1, -0.05) is 37.3 Å². The lowest BCUT2D eigenvalue weighted by atomic mass is 9.57. The quantitative estimate of drug-likeness (QED) is 0.349. The highest BCUT2D eigenvalue weighted by molar-refractivity contribution is 7.79. The number of anilines is 1. The number of rotatable bonds is 1. The smallest absolute Gasteiger partial charge is 0.394 e. The van der Waals surface area contributed by atoms with E-state index in [1.165, 1.54) is 18.4 Å². The average Bonchev–Trinajstić information content (AvgIpc) is 3.35. The van der Waals surface area contributed by atoms with E-state index in [2.05, 4.69) is 53.6 Å². The average molecular weight is 435 g/mol. The van der Waals surface area contributed by atoms with Gasteiger partial charge >= 0.3 is 16.4 Å². The molecule has 2 saturated carbocycles. The first-order valence-corrected chi connectivity index (χ1v) is 11.6. The summed E-state index contributed by atoms with van der Waals surface area (Å²) in [5.41, 5.74) is 2.53. The van der Waals surface area contributed by atoms with Crippen LogP contribution in [0.15, 0.2) is 36.4 Å². The Kier molecular flexibility index (Phi) is 4.04. The number of hydrogen-bond donors (Lipinski definition) is 3. The zero-order chi connectivity index (χ0) is 21.5. The van der Waals surface area contributed by atoms with Gasteiger partial charge < -0.3 is 10.1 Å². The highest BCUT2D eigenvalue weighted by Gasteiger charge is 2.85. The summed E-state index contributed by atoms with van der Waals surface area (Å²) in [6.45, 7) is 4.53. The number of carbonyl (C=O) groups excluding carboxylic acids is 1. The number of nitrogens with zero attached hydrogens (tertiary/aromatic N) is 1. The van der Waals surface area contributed by atoms with Crippen molar-refractivity contribution in [1.29, 1.82) is 0 Å². The number of carbonyl (C=O) groups is 1. The molecule has 162 valence electrons. The van der Waals surface area contributed by atoms with Crippen molar-refractivity contribution in [3.05, 3.63) is 42.0 Å². The third-order valence-corrected chi connectivity index (χ3v) is 8.47. The van der Waals surface area contributed by atoms with Crippen LogP contribution < -0.4 is 5.32 Å². The summed E-state index contributed by atoms with van der Waals surface area (Å²) in [6.07, 6.45) is 6.83. The highest BCUT2D eigenvalue weighted by atomic mass is 32.3. The molecular formula is C21H26N2O6S. The van der Waals surface area contributed by atoms with Gasteiger partial charge in [0.1, 0.15) is 0 Å². The molecule has 2 aliphatic carbocycles. The number of para-hydroxylation sites is 1. The lowest BCUT2D eigenvalue weighted by Gasteiger charge is -2.50. The molecule has 1 aromatic rings. The van der Waals surface area contributed by atoms with Crippen molar-refractivity contribution in [1.82, 2.24) is 4.90 Å². The van der Waals surface area contributed by atoms with E-state index >= 15 is 0 Å². The normalized spacial score (nSPS) is 41.9. The Hall–Kier alpha value is -1.94. The summed E-state index contributed by atoms with van der Waals surface area (Å²) in [5.74, 6) is 0.277. The molecule has 6 unspecified atom stereocenters. The molecule has 0 radical (unpaired) electrons. The van der Waals surface area contributed by atoms with E-state index in [-0.39, 0.29) is 28.3 Å². The molecule has 8 nitrogen and oxygen atoms in total. The van der Waals surface area contributed by atoms with E-state index in [1.54, 1.807) is 0 Å². The molecule has 1 aromatic carbocycles. The molecule has 3 N–H and O–H groups in total. The van der Waals surface area contributed by atoms with E-state index < -0.39 is 10.4 Å². The van der Waals surface area contributed by atoms with Crippen LogP contribution in [0.25, 0.3) is 0 Å². The maximum Gasteiger partial charge on any atom is 0.394 e. The van der Waals surface area contributed by atoms with Crippen LogP contribution in [0.4, 0.5) is 5.69 Å². The SMILES string of the molecule is COC(=O)C1CC23C=CCN4CCC5(c6ccccc6NC15C2C)C43.O=S(=O)(O)O. The molecule has 6 atom stereocenters. The third kappa shape index (κ3) is 2.16. The van der Waals surface area contributed by atoms with Crippen LogP contribution in [0.2, 0.25) is 0 Å². The zero-order valence-corrected chi connectivity index (χ0v) is 17.7. The van der Waals surface area contributed by atoms with Gasteiger partial charge in [-0.25, -0.2) is 0 Å². The Bertz CT molecular complexity index is 1050. The van der Waals surface area contributed by atoms with Crippen molar-refractivity contribution in [2.75, 3.05) is 25.5 Å². The molecular weight excluding hydrogens is 408 g/mol. The van der Waals surface area contributed by atoms with Crippen molar-refractivity contribution in [3.63, 3.8) is 0 Å². The molecule has 3 aliphatic heterocycles. The molecule has 5 aliphatic rings. The Morgan fingerprint density at radius 2 is 2.00 bits per heavy atom. The number of nitrogens with one attached hydrogen (secondary N) is 1. The van der Waals surface area contributed by atoms with Crippen molar-refractivity contribution in [3.8, 4) is 0 Å². The van der Waals surface area contributed by atoms with Gasteiger partial charge in [0.25, 0.3) is 0 Å². The van der Waals surface area contributed by atoms with Crippen LogP contribution >= 0.6 is 0 Å². The molecule has 2 bridgehead atoms. The fourth-order valence-corrected chi connectivity index (χ4v) is 7.93. The van der Waals surface area contributed by atoms with Crippen LogP contribution in [0, 0.1) is 17.3 Å². The van der Waals surface area contributed by atoms with Crippen LogP contribution in [0.3, 0.4) is 0 Å². The Labute approximate surface area is 175 Å². The Balaban J connectivity index is 0.000000349. The van der Waals surface area contributed by atoms with Crippen molar-refractivity contribution in [2.24, 2.45) is 17.3 Å². The minimum atomic E-state index is -4.67. The summed E-state index contributed by atoms with van der Waals surface area (Å²) in [7, 11) is -3.13. The summed E-state index contributed by atoms with van der Waals surface area (Å²) >= 11 is 0. The van der Waals surface area contributed by atoms with E-state index in [0.717, 1.165) is 25.9 Å². The summed E-state index contributed by atoms with van der Waals surface area (Å²) in [5, 5.41) is 3.92. The Morgan fingerprint density at radius 1 is 1.30 bits per heavy atom. The third-order valence-electron chi connectivity index (χ3n) is 8.47. The van der Waals surface area contributed by atoms with E-state index in [4.69, 9.17) is 22.3 Å². The number of fused-ring (bicyclic) bond motifs is 1. The number of methoxy groups -OCH3 is 1. The number of ether oxygens (including phenoxy) is 1. The predicted octanol–water partition coefficient (Wildman–Crippen LogP) is 1.91. The topological polar surface area (TPSA) is 116 Å². The minimum absolute atomic E-state index is 0.0187. The van der Waals surface area contributed by atoms with Gasteiger partial charge in [-0.3, -0.25) is 18.8 Å². The van der Waals surface area contributed by atoms with E-state index in [9.17, 15) is 4.79 Å². The first kappa shape index (κ1) is 20.0. The molecule has 30 heavy (non-hydrogen) atoms. The molecule has 9 heteroatoms. The number of benzene rings is 1. The van der Waals surface area contributed by atoms with Gasteiger partial charge in [-0.05, 0) is 36.9 Å². The van der Waals surface area contributed by atoms with Gasteiger partial charge in [0, 0.05) is 29.1 Å². The number of esters is 1. The van der Waals surface area contributed by atoms with Crippen molar-refractivity contribution in [2.45, 2.75) is 36.8 Å². The van der Waals surface area contributed by atoms with Crippen LogP contribution in [-0.4, -0.2) is 60.2 Å². The maximum absolute atomic E-state index is 12.9. The van der Waals surface area contributed by atoms with Gasteiger partial charge in [0.05, 0.1) is 18.6 Å². The summed E-state index contributed by atoms with van der Waals surface area (Å²) < 4.78 is 36.9. The van der Waals surface area contributed by atoms with Crippen LogP contribution in [-0.2, 0) is 25.3 Å². The lowest BCUT2D eigenvalue weighted by molar-refractivity contribution is -0.149. The molecule has 3 heterocycles. The molecule has 3 spiro atoms. The van der Waals surface area contributed by atoms with E-state index in [1.807, 2.05) is 0 Å². The fourth-order valence-electron chi connectivity index (χ4n) is 7.93. The molecule has 0 aromatic heterocycles.